The first kappa shape index (κ1) is 16.5. The predicted molar refractivity (Wildman–Crippen MR) is 89.2 cm³/mol. The van der Waals surface area contributed by atoms with Gasteiger partial charge in [0.2, 0.25) is 0 Å². The molecule has 1 heterocycles. The zero-order chi connectivity index (χ0) is 15.2. The Morgan fingerprint density at radius 3 is 2.76 bits per heavy atom. The minimum Gasteiger partial charge on any atom is -0.316 e. The Morgan fingerprint density at radius 2 is 2.14 bits per heavy atom. The number of aryl methyl sites for hydroxylation is 1. The molecule has 0 spiro atoms. The average molecular weight is 291 g/mol. The van der Waals surface area contributed by atoms with E-state index in [-0.39, 0.29) is 0 Å². The van der Waals surface area contributed by atoms with Crippen molar-refractivity contribution in [2.45, 2.75) is 52.9 Å². The van der Waals surface area contributed by atoms with Crippen molar-refractivity contribution < 1.29 is 0 Å². The van der Waals surface area contributed by atoms with Crippen LogP contribution in [0.4, 0.5) is 0 Å². The van der Waals surface area contributed by atoms with Gasteiger partial charge in [-0.15, -0.1) is 0 Å². The molecule has 3 unspecified atom stereocenters. The maximum Gasteiger partial charge on any atom is 0.0521 e. The summed E-state index contributed by atoms with van der Waals surface area (Å²) >= 11 is 0. The van der Waals surface area contributed by atoms with E-state index in [1.54, 1.807) is 0 Å². The molecule has 3 heteroatoms. The van der Waals surface area contributed by atoms with Crippen LogP contribution in [0.3, 0.4) is 0 Å². The van der Waals surface area contributed by atoms with Gasteiger partial charge in [0.05, 0.1) is 6.20 Å². The summed E-state index contributed by atoms with van der Waals surface area (Å²) in [6, 6.07) is 0. The Bertz CT molecular complexity index is 410. The molecule has 1 aliphatic carbocycles. The summed E-state index contributed by atoms with van der Waals surface area (Å²) in [5.74, 6) is 3.39. The van der Waals surface area contributed by atoms with Crippen LogP contribution in [0.2, 0.25) is 0 Å². The van der Waals surface area contributed by atoms with Crippen molar-refractivity contribution in [3.05, 3.63) is 18.0 Å². The number of rotatable bonds is 7. The van der Waals surface area contributed by atoms with E-state index >= 15 is 0 Å². The van der Waals surface area contributed by atoms with Crippen molar-refractivity contribution >= 4 is 0 Å². The van der Waals surface area contributed by atoms with Crippen molar-refractivity contribution in [2.75, 3.05) is 13.1 Å². The lowest BCUT2D eigenvalue weighted by atomic mass is 9.69. The van der Waals surface area contributed by atoms with Gasteiger partial charge in [-0.3, -0.25) is 4.68 Å². The summed E-state index contributed by atoms with van der Waals surface area (Å²) in [5, 5.41) is 7.99. The molecule has 0 saturated heterocycles. The van der Waals surface area contributed by atoms with Crippen LogP contribution in [0.1, 0.15) is 52.0 Å². The predicted octanol–water partition coefficient (Wildman–Crippen LogP) is 3.65. The molecule has 3 atom stereocenters. The molecule has 1 N–H and O–H groups in total. The highest BCUT2D eigenvalue weighted by Gasteiger charge is 2.31. The summed E-state index contributed by atoms with van der Waals surface area (Å²) in [6.45, 7) is 9.38. The van der Waals surface area contributed by atoms with Crippen LogP contribution in [-0.2, 0) is 13.5 Å². The smallest absolute Gasteiger partial charge is 0.0521 e. The summed E-state index contributed by atoms with van der Waals surface area (Å²) in [6.07, 6.45) is 10.9. The van der Waals surface area contributed by atoms with Crippen LogP contribution in [0.5, 0.6) is 0 Å². The quantitative estimate of drug-likeness (QED) is 0.777. The minimum atomic E-state index is 0.819. The Labute approximate surface area is 130 Å². The summed E-state index contributed by atoms with van der Waals surface area (Å²) in [5.41, 5.74) is 1.41. The molecule has 2 rings (SSSR count). The van der Waals surface area contributed by atoms with E-state index in [0.717, 1.165) is 30.2 Å². The second-order valence-corrected chi connectivity index (χ2v) is 7.27. The third-order valence-corrected chi connectivity index (χ3v) is 5.21. The van der Waals surface area contributed by atoms with Crippen LogP contribution in [0, 0.1) is 23.7 Å². The van der Waals surface area contributed by atoms with Gasteiger partial charge in [0.1, 0.15) is 0 Å². The van der Waals surface area contributed by atoms with Crippen molar-refractivity contribution in [3.8, 4) is 0 Å². The Kier molecular flexibility index (Phi) is 6.28. The van der Waals surface area contributed by atoms with Gasteiger partial charge in [0.15, 0.2) is 0 Å². The van der Waals surface area contributed by atoms with Crippen LogP contribution in [0.15, 0.2) is 12.4 Å². The first-order valence-electron chi connectivity index (χ1n) is 8.78. The molecule has 3 nitrogen and oxygen atoms in total. The molecule has 120 valence electrons. The number of nitrogens with one attached hydrogen (secondary N) is 1. The molecule has 0 radical (unpaired) electrons. The van der Waals surface area contributed by atoms with Crippen LogP contribution >= 0.6 is 0 Å². The molecular formula is C18H33N3. The summed E-state index contributed by atoms with van der Waals surface area (Å²) in [7, 11) is 2.02. The number of hydrogen-bond donors (Lipinski definition) is 1. The fraction of sp³-hybridized carbons (Fsp3) is 0.833. The number of aromatic nitrogens is 2. The van der Waals surface area contributed by atoms with E-state index in [1.165, 1.54) is 44.2 Å². The fourth-order valence-electron chi connectivity index (χ4n) is 3.83. The number of hydrogen-bond acceptors (Lipinski definition) is 2. The van der Waals surface area contributed by atoms with Crippen LogP contribution in [0.25, 0.3) is 0 Å². The molecule has 1 aromatic heterocycles. The van der Waals surface area contributed by atoms with Gasteiger partial charge in [-0.2, -0.15) is 5.10 Å². The minimum absolute atomic E-state index is 0.819. The lowest BCUT2D eigenvalue weighted by molar-refractivity contribution is 0.144. The average Bonchev–Trinajstić information content (AvgIpc) is 2.85. The highest BCUT2D eigenvalue weighted by Crippen LogP contribution is 2.38. The highest BCUT2D eigenvalue weighted by molar-refractivity contribution is 5.06. The first-order chi connectivity index (χ1) is 10.1. The molecule has 1 fully saturated rings. The SMILES string of the molecule is CCCNCC1CCC(C(C)C)CC1Cc1cnn(C)c1. The standard InChI is InChI=1S/C18H33N3/c1-5-8-19-12-17-7-6-16(14(2)3)10-18(17)9-15-11-20-21(4)13-15/h11,13-14,16-19H,5-10,12H2,1-4H3. The molecule has 0 amide bonds. The van der Waals surface area contributed by atoms with Gasteiger partial charge in [-0.1, -0.05) is 20.8 Å². The largest absolute Gasteiger partial charge is 0.316 e. The Morgan fingerprint density at radius 1 is 1.33 bits per heavy atom. The van der Waals surface area contributed by atoms with E-state index in [1.807, 2.05) is 11.7 Å². The van der Waals surface area contributed by atoms with Gasteiger partial charge in [-0.25, -0.2) is 0 Å². The van der Waals surface area contributed by atoms with Crippen LogP contribution in [-0.4, -0.2) is 22.9 Å². The Balaban J connectivity index is 1.97. The molecule has 0 bridgehead atoms. The second kappa shape index (κ2) is 7.98. The van der Waals surface area contributed by atoms with Gasteiger partial charge < -0.3 is 5.32 Å². The lowest BCUT2D eigenvalue weighted by Gasteiger charge is -2.38. The molecule has 1 aliphatic rings. The summed E-state index contributed by atoms with van der Waals surface area (Å²) in [4.78, 5) is 0. The zero-order valence-electron chi connectivity index (χ0n) is 14.3. The maximum atomic E-state index is 4.34. The van der Waals surface area contributed by atoms with Gasteiger partial charge in [0, 0.05) is 13.2 Å². The van der Waals surface area contributed by atoms with Crippen molar-refractivity contribution in [2.24, 2.45) is 30.7 Å². The zero-order valence-corrected chi connectivity index (χ0v) is 14.3. The van der Waals surface area contributed by atoms with Gasteiger partial charge in [-0.05, 0) is 74.4 Å². The molecule has 21 heavy (non-hydrogen) atoms. The Hall–Kier alpha value is -0.830. The maximum absolute atomic E-state index is 4.34. The van der Waals surface area contributed by atoms with E-state index in [2.05, 4.69) is 43.6 Å². The van der Waals surface area contributed by atoms with Crippen molar-refractivity contribution in [3.63, 3.8) is 0 Å². The van der Waals surface area contributed by atoms with Gasteiger partial charge in [0.25, 0.3) is 0 Å². The van der Waals surface area contributed by atoms with E-state index in [0.29, 0.717) is 0 Å². The van der Waals surface area contributed by atoms with Crippen LogP contribution < -0.4 is 5.32 Å². The van der Waals surface area contributed by atoms with Crippen molar-refractivity contribution in [1.82, 2.24) is 15.1 Å². The van der Waals surface area contributed by atoms with E-state index in [9.17, 15) is 0 Å². The van der Waals surface area contributed by atoms with E-state index in [4.69, 9.17) is 0 Å². The normalized spacial score (nSPS) is 26.4. The fourth-order valence-corrected chi connectivity index (χ4v) is 3.83. The lowest BCUT2D eigenvalue weighted by Crippen LogP contribution is -2.35. The molecule has 1 saturated carbocycles. The number of nitrogens with zero attached hydrogens (tertiary/aromatic N) is 2. The third-order valence-electron chi connectivity index (χ3n) is 5.21. The first-order valence-corrected chi connectivity index (χ1v) is 8.78. The molecule has 0 aliphatic heterocycles. The second-order valence-electron chi connectivity index (χ2n) is 7.27. The van der Waals surface area contributed by atoms with Crippen molar-refractivity contribution in [1.29, 1.82) is 0 Å². The summed E-state index contributed by atoms with van der Waals surface area (Å²) < 4.78 is 1.93. The third kappa shape index (κ3) is 4.84. The molecule has 0 aromatic carbocycles. The monoisotopic (exact) mass is 291 g/mol. The van der Waals surface area contributed by atoms with Gasteiger partial charge >= 0.3 is 0 Å². The van der Waals surface area contributed by atoms with E-state index < -0.39 is 0 Å². The highest BCUT2D eigenvalue weighted by atomic mass is 15.2. The molecule has 1 aromatic rings. The molecular weight excluding hydrogens is 258 g/mol. The topological polar surface area (TPSA) is 29.9 Å².